The van der Waals surface area contributed by atoms with Gasteiger partial charge in [-0.3, -0.25) is 9.88 Å². The van der Waals surface area contributed by atoms with Crippen molar-refractivity contribution in [1.82, 2.24) is 9.88 Å². The first-order valence-electron chi connectivity index (χ1n) is 7.68. The summed E-state index contributed by atoms with van der Waals surface area (Å²) in [4.78, 5) is 7.04. The number of nitrogens with zero attached hydrogens (tertiary/aromatic N) is 2. The molecule has 1 aliphatic rings. The molecule has 1 aromatic carbocycles. The molecule has 1 unspecified atom stereocenters. The van der Waals surface area contributed by atoms with Crippen molar-refractivity contribution in [3.8, 4) is 0 Å². The van der Waals surface area contributed by atoms with E-state index in [0.717, 1.165) is 31.0 Å². The lowest BCUT2D eigenvalue weighted by Gasteiger charge is -2.18. The number of anilines is 1. The Balaban J connectivity index is 1.57. The molecule has 3 heteroatoms. The van der Waals surface area contributed by atoms with Crippen molar-refractivity contribution in [1.29, 1.82) is 0 Å². The molecule has 0 aliphatic carbocycles. The first-order chi connectivity index (χ1) is 10.2. The number of benzene rings is 1. The molecule has 0 amide bonds. The summed E-state index contributed by atoms with van der Waals surface area (Å²) in [5, 5.41) is 3.65. The molecule has 1 aromatic heterocycles. The van der Waals surface area contributed by atoms with Gasteiger partial charge in [0, 0.05) is 31.4 Å². The van der Waals surface area contributed by atoms with Gasteiger partial charge in [-0.1, -0.05) is 30.3 Å². The van der Waals surface area contributed by atoms with Gasteiger partial charge in [0.1, 0.15) is 0 Å². The van der Waals surface area contributed by atoms with Gasteiger partial charge in [-0.15, -0.1) is 0 Å². The van der Waals surface area contributed by atoms with Crippen LogP contribution in [-0.2, 0) is 6.54 Å². The van der Waals surface area contributed by atoms with Crippen LogP contribution >= 0.6 is 0 Å². The molecule has 1 aliphatic heterocycles. The molecule has 0 radical (unpaired) electrons. The van der Waals surface area contributed by atoms with Gasteiger partial charge in [-0.2, -0.15) is 0 Å². The third-order valence-corrected chi connectivity index (χ3v) is 4.11. The summed E-state index contributed by atoms with van der Waals surface area (Å²) in [5.74, 6) is 0. The minimum Gasteiger partial charge on any atom is -0.380 e. The summed E-state index contributed by atoms with van der Waals surface area (Å²) >= 11 is 0. The van der Waals surface area contributed by atoms with Gasteiger partial charge in [0.2, 0.25) is 0 Å². The number of pyridine rings is 1. The molecule has 0 spiro atoms. The second-order valence-corrected chi connectivity index (χ2v) is 5.94. The molecule has 110 valence electrons. The zero-order valence-corrected chi connectivity index (χ0v) is 12.8. The summed E-state index contributed by atoms with van der Waals surface area (Å²) in [6.07, 6.45) is 1.19. The Hall–Kier alpha value is -1.87. The van der Waals surface area contributed by atoms with Crippen molar-refractivity contribution in [3.63, 3.8) is 0 Å². The van der Waals surface area contributed by atoms with Crippen LogP contribution in [0.3, 0.4) is 0 Å². The normalized spacial score (nSPS) is 18.9. The Morgan fingerprint density at radius 1 is 1.14 bits per heavy atom. The molecule has 3 rings (SSSR count). The number of hydrogen-bond donors (Lipinski definition) is 1. The van der Waals surface area contributed by atoms with Gasteiger partial charge in [0.15, 0.2) is 0 Å². The van der Waals surface area contributed by atoms with E-state index in [-0.39, 0.29) is 0 Å². The Bertz CT molecular complexity index is 595. The Morgan fingerprint density at radius 2 is 1.95 bits per heavy atom. The average molecular weight is 281 g/mol. The van der Waals surface area contributed by atoms with E-state index in [0.29, 0.717) is 6.04 Å². The van der Waals surface area contributed by atoms with Gasteiger partial charge < -0.3 is 5.32 Å². The predicted octanol–water partition coefficient (Wildman–Crippen LogP) is 3.38. The molecular weight excluding hydrogens is 258 g/mol. The van der Waals surface area contributed by atoms with E-state index in [2.05, 4.69) is 64.6 Å². The van der Waals surface area contributed by atoms with E-state index in [4.69, 9.17) is 0 Å². The number of nitrogens with one attached hydrogen (secondary N) is 1. The van der Waals surface area contributed by atoms with E-state index in [1.54, 1.807) is 0 Å². The number of rotatable bonds is 4. The van der Waals surface area contributed by atoms with E-state index in [9.17, 15) is 0 Å². The topological polar surface area (TPSA) is 28.2 Å². The van der Waals surface area contributed by atoms with Crippen molar-refractivity contribution in [3.05, 3.63) is 59.4 Å². The maximum absolute atomic E-state index is 4.53. The monoisotopic (exact) mass is 281 g/mol. The van der Waals surface area contributed by atoms with Crippen LogP contribution < -0.4 is 5.32 Å². The van der Waals surface area contributed by atoms with Crippen LogP contribution in [0.1, 0.15) is 23.4 Å². The van der Waals surface area contributed by atoms with E-state index < -0.39 is 0 Å². The Morgan fingerprint density at radius 3 is 2.71 bits per heavy atom. The van der Waals surface area contributed by atoms with Gasteiger partial charge in [0.25, 0.3) is 0 Å². The minimum atomic E-state index is 0.525. The van der Waals surface area contributed by atoms with Crippen molar-refractivity contribution in [2.45, 2.75) is 32.9 Å². The molecule has 1 N–H and O–H groups in total. The smallest absolute Gasteiger partial charge is 0.0606 e. The summed E-state index contributed by atoms with van der Waals surface area (Å²) in [6.45, 7) is 7.41. The number of aromatic nitrogens is 1. The number of hydrogen-bond acceptors (Lipinski definition) is 3. The standard InChI is InChI=1S/C18H23N3/c1-14-8-9-18(15(2)19-14)20-17-10-11-21(13-17)12-16-6-4-3-5-7-16/h3-9,17,20H,10-13H2,1-2H3. The molecule has 1 fully saturated rings. The largest absolute Gasteiger partial charge is 0.380 e. The van der Waals surface area contributed by atoms with Crippen LogP contribution in [0.4, 0.5) is 5.69 Å². The first-order valence-corrected chi connectivity index (χ1v) is 7.68. The third-order valence-electron chi connectivity index (χ3n) is 4.11. The number of aryl methyl sites for hydroxylation is 2. The summed E-state index contributed by atoms with van der Waals surface area (Å²) < 4.78 is 0. The average Bonchev–Trinajstić information content (AvgIpc) is 2.90. The van der Waals surface area contributed by atoms with Gasteiger partial charge in [-0.05, 0) is 38.0 Å². The van der Waals surface area contributed by atoms with Gasteiger partial charge >= 0.3 is 0 Å². The lowest BCUT2D eigenvalue weighted by molar-refractivity contribution is 0.328. The van der Waals surface area contributed by atoms with Crippen LogP contribution in [-0.4, -0.2) is 29.0 Å². The molecular formula is C18H23N3. The Kier molecular flexibility index (Phi) is 4.20. The summed E-state index contributed by atoms with van der Waals surface area (Å²) in [5.41, 5.74) is 4.74. The molecule has 0 saturated carbocycles. The van der Waals surface area contributed by atoms with Crippen LogP contribution in [0.5, 0.6) is 0 Å². The SMILES string of the molecule is Cc1ccc(NC2CCN(Cc3ccccc3)C2)c(C)n1. The van der Waals surface area contributed by atoms with Crippen molar-refractivity contribution >= 4 is 5.69 Å². The predicted molar refractivity (Wildman–Crippen MR) is 87.5 cm³/mol. The second kappa shape index (κ2) is 6.27. The molecule has 1 saturated heterocycles. The second-order valence-electron chi connectivity index (χ2n) is 5.94. The van der Waals surface area contributed by atoms with Gasteiger partial charge in [0.05, 0.1) is 11.4 Å². The van der Waals surface area contributed by atoms with Crippen molar-refractivity contribution in [2.75, 3.05) is 18.4 Å². The van der Waals surface area contributed by atoms with Crippen LogP contribution in [0.2, 0.25) is 0 Å². The fraction of sp³-hybridized carbons (Fsp3) is 0.389. The Labute approximate surface area is 127 Å². The van der Waals surface area contributed by atoms with Crippen LogP contribution in [0, 0.1) is 13.8 Å². The maximum Gasteiger partial charge on any atom is 0.0606 e. The first kappa shape index (κ1) is 14.1. The van der Waals surface area contributed by atoms with Crippen molar-refractivity contribution in [2.24, 2.45) is 0 Å². The highest BCUT2D eigenvalue weighted by molar-refractivity contribution is 5.48. The third kappa shape index (κ3) is 3.61. The number of likely N-dealkylation sites (tertiary alicyclic amines) is 1. The van der Waals surface area contributed by atoms with Crippen LogP contribution in [0.25, 0.3) is 0 Å². The molecule has 1 atom stereocenters. The summed E-state index contributed by atoms with van der Waals surface area (Å²) in [6, 6.07) is 15.5. The van der Waals surface area contributed by atoms with E-state index >= 15 is 0 Å². The minimum absolute atomic E-state index is 0.525. The fourth-order valence-corrected chi connectivity index (χ4v) is 2.99. The lowest BCUT2D eigenvalue weighted by Crippen LogP contribution is -2.26. The highest BCUT2D eigenvalue weighted by Crippen LogP contribution is 2.20. The lowest BCUT2D eigenvalue weighted by atomic mass is 10.2. The zero-order chi connectivity index (χ0) is 14.7. The highest BCUT2D eigenvalue weighted by Gasteiger charge is 2.22. The van der Waals surface area contributed by atoms with Crippen molar-refractivity contribution < 1.29 is 0 Å². The molecule has 2 heterocycles. The van der Waals surface area contributed by atoms with Crippen LogP contribution in [0.15, 0.2) is 42.5 Å². The summed E-state index contributed by atoms with van der Waals surface area (Å²) in [7, 11) is 0. The van der Waals surface area contributed by atoms with E-state index in [1.807, 2.05) is 6.92 Å². The molecule has 2 aromatic rings. The highest BCUT2D eigenvalue weighted by atomic mass is 15.2. The molecule has 21 heavy (non-hydrogen) atoms. The van der Waals surface area contributed by atoms with Gasteiger partial charge in [-0.25, -0.2) is 0 Å². The molecule has 3 nitrogen and oxygen atoms in total. The zero-order valence-electron chi connectivity index (χ0n) is 12.8. The quantitative estimate of drug-likeness (QED) is 0.931. The van der Waals surface area contributed by atoms with E-state index in [1.165, 1.54) is 17.7 Å². The fourth-order valence-electron chi connectivity index (χ4n) is 2.99. The maximum atomic E-state index is 4.53. The molecule has 0 bridgehead atoms.